The van der Waals surface area contributed by atoms with E-state index in [1.807, 2.05) is 4.90 Å². The van der Waals surface area contributed by atoms with Crippen LogP contribution >= 0.6 is 0 Å². The average molecular weight is 226 g/mol. The van der Waals surface area contributed by atoms with Crippen molar-refractivity contribution in [1.82, 2.24) is 4.90 Å². The predicted molar refractivity (Wildman–Crippen MR) is 67.0 cm³/mol. The summed E-state index contributed by atoms with van der Waals surface area (Å²) in [6.07, 6.45) is 4.54. The number of carbonyl (C=O) groups excluding carboxylic acids is 1. The molecule has 0 aromatic heterocycles. The van der Waals surface area contributed by atoms with Crippen molar-refractivity contribution in [3.8, 4) is 0 Å². The van der Waals surface area contributed by atoms with E-state index in [1.54, 1.807) is 0 Å². The van der Waals surface area contributed by atoms with Crippen LogP contribution in [0.15, 0.2) is 0 Å². The van der Waals surface area contributed by atoms with Crippen LogP contribution in [0, 0.1) is 11.8 Å². The van der Waals surface area contributed by atoms with Crippen LogP contribution in [0.2, 0.25) is 0 Å². The molecule has 3 atom stereocenters. The third-order valence-corrected chi connectivity index (χ3v) is 3.95. The van der Waals surface area contributed by atoms with Crippen LogP contribution in [-0.4, -0.2) is 29.9 Å². The molecule has 16 heavy (non-hydrogen) atoms. The van der Waals surface area contributed by atoms with Gasteiger partial charge in [-0.3, -0.25) is 4.79 Å². The van der Waals surface area contributed by atoms with Gasteiger partial charge in [0.1, 0.15) is 0 Å². The number of piperidine rings is 1. The first-order valence-electron chi connectivity index (χ1n) is 6.64. The van der Waals surface area contributed by atoms with Gasteiger partial charge in [0.25, 0.3) is 0 Å². The van der Waals surface area contributed by atoms with E-state index < -0.39 is 0 Å². The molecule has 3 heteroatoms. The van der Waals surface area contributed by atoms with E-state index in [0.717, 1.165) is 25.9 Å². The fourth-order valence-corrected chi connectivity index (χ4v) is 2.31. The van der Waals surface area contributed by atoms with Gasteiger partial charge in [0.2, 0.25) is 5.91 Å². The van der Waals surface area contributed by atoms with Gasteiger partial charge in [0, 0.05) is 13.1 Å². The second-order valence-corrected chi connectivity index (χ2v) is 5.11. The number of amides is 1. The maximum Gasteiger partial charge on any atom is 0.239 e. The van der Waals surface area contributed by atoms with Crippen molar-refractivity contribution in [2.45, 2.75) is 52.5 Å². The van der Waals surface area contributed by atoms with E-state index in [1.165, 1.54) is 12.8 Å². The van der Waals surface area contributed by atoms with Gasteiger partial charge < -0.3 is 10.6 Å². The molecule has 1 aliphatic rings. The summed E-state index contributed by atoms with van der Waals surface area (Å²) in [5.41, 5.74) is 6.00. The number of rotatable bonds is 4. The van der Waals surface area contributed by atoms with Crippen molar-refractivity contribution >= 4 is 5.91 Å². The van der Waals surface area contributed by atoms with Crippen LogP contribution < -0.4 is 5.73 Å². The van der Waals surface area contributed by atoms with Crippen LogP contribution in [0.4, 0.5) is 0 Å². The second kappa shape index (κ2) is 6.24. The molecule has 2 N–H and O–H groups in total. The highest BCUT2D eigenvalue weighted by Crippen LogP contribution is 2.20. The number of likely N-dealkylation sites (tertiary alicyclic amines) is 1. The summed E-state index contributed by atoms with van der Waals surface area (Å²) in [5, 5.41) is 0. The Morgan fingerprint density at radius 2 is 2.19 bits per heavy atom. The zero-order chi connectivity index (χ0) is 12.1. The van der Waals surface area contributed by atoms with Gasteiger partial charge in [-0.15, -0.1) is 0 Å². The number of hydrogen-bond donors (Lipinski definition) is 1. The standard InChI is InChI=1S/C13H26N2O/c1-4-10(3)12(14)13(16)15-8-6-7-11(5-2)9-15/h10-12H,4-9,14H2,1-3H3/t10-,11?,12-/m0/s1. The van der Waals surface area contributed by atoms with Gasteiger partial charge in [-0.1, -0.05) is 33.6 Å². The molecular formula is C13H26N2O. The van der Waals surface area contributed by atoms with E-state index in [-0.39, 0.29) is 17.9 Å². The molecule has 1 unspecified atom stereocenters. The third-order valence-electron chi connectivity index (χ3n) is 3.95. The van der Waals surface area contributed by atoms with E-state index >= 15 is 0 Å². The molecular weight excluding hydrogens is 200 g/mol. The molecule has 0 bridgehead atoms. The molecule has 3 nitrogen and oxygen atoms in total. The highest BCUT2D eigenvalue weighted by atomic mass is 16.2. The lowest BCUT2D eigenvalue weighted by Gasteiger charge is -2.35. The molecule has 0 aromatic rings. The summed E-state index contributed by atoms with van der Waals surface area (Å²) in [6.45, 7) is 8.17. The van der Waals surface area contributed by atoms with Gasteiger partial charge in [-0.2, -0.15) is 0 Å². The average Bonchev–Trinajstić information content (AvgIpc) is 2.36. The summed E-state index contributed by atoms with van der Waals surface area (Å²) in [5.74, 6) is 1.13. The zero-order valence-corrected chi connectivity index (χ0v) is 10.9. The van der Waals surface area contributed by atoms with Crippen LogP contribution in [0.1, 0.15) is 46.5 Å². The Kier molecular flexibility index (Phi) is 5.26. The van der Waals surface area contributed by atoms with Crippen molar-refractivity contribution in [1.29, 1.82) is 0 Å². The molecule has 1 heterocycles. The minimum Gasteiger partial charge on any atom is -0.341 e. The Morgan fingerprint density at radius 3 is 2.75 bits per heavy atom. The minimum atomic E-state index is -0.305. The highest BCUT2D eigenvalue weighted by Gasteiger charge is 2.28. The first-order chi connectivity index (χ1) is 7.60. The van der Waals surface area contributed by atoms with Gasteiger partial charge in [-0.05, 0) is 24.7 Å². The quantitative estimate of drug-likeness (QED) is 0.797. The SMILES string of the molecule is CCC1CCCN(C(=O)[C@@H](N)[C@@H](C)CC)C1. The number of carbonyl (C=O) groups is 1. The molecule has 1 rings (SSSR count). The first-order valence-corrected chi connectivity index (χ1v) is 6.64. The molecule has 0 saturated carbocycles. The Labute approximate surface area is 99.4 Å². The predicted octanol–water partition coefficient (Wildman–Crippen LogP) is 2.01. The Morgan fingerprint density at radius 1 is 1.50 bits per heavy atom. The van der Waals surface area contributed by atoms with E-state index in [2.05, 4.69) is 20.8 Å². The Bertz CT molecular complexity index is 230. The minimum absolute atomic E-state index is 0.160. The van der Waals surface area contributed by atoms with Crippen LogP contribution in [0.3, 0.4) is 0 Å². The molecule has 0 spiro atoms. The number of hydrogen-bond acceptors (Lipinski definition) is 2. The summed E-state index contributed by atoms with van der Waals surface area (Å²) in [4.78, 5) is 14.1. The number of nitrogens with two attached hydrogens (primary N) is 1. The molecule has 0 aliphatic carbocycles. The van der Waals surface area contributed by atoms with Crippen molar-refractivity contribution in [3.05, 3.63) is 0 Å². The van der Waals surface area contributed by atoms with Crippen LogP contribution in [-0.2, 0) is 4.79 Å². The lowest BCUT2D eigenvalue weighted by atomic mass is 9.93. The van der Waals surface area contributed by atoms with Crippen molar-refractivity contribution in [3.63, 3.8) is 0 Å². The Balaban J connectivity index is 2.52. The third kappa shape index (κ3) is 3.21. The van der Waals surface area contributed by atoms with E-state index in [4.69, 9.17) is 5.73 Å². The molecule has 94 valence electrons. The second-order valence-electron chi connectivity index (χ2n) is 5.11. The van der Waals surface area contributed by atoms with Gasteiger partial charge in [0.05, 0.1) is 6.04 Å². The molecule has 1 fully saturated rings. The molecule has 1 saturated heterocycles. The van der Waals surface area contributed by atoms with Crippen LogP contribution in [0.25, 0.3) is 0 Å². The summed E-state index contributed by atoms with van der Waals surface area (Å²) in [7, 11) is 0. The topological polar surface area (TPSA) is 46.3 Å². The zero-order valence-electron chi connectivity index (χ0n) is 10.9. The van der Waals surface area contributed by atoms with Crippen LogP contribution in [0.5, 0.6) is 0 Å². The number of nitrogens with zero attached hydrogens (tertiary/aromatic N) is 1. The van der Waals surface area contributed by atoms with Gasteiger partial charge in [-0.25, -0.2) is 0 Å². The normalized spacial score (nSPS) is 25.2. The summed E-state index contributed by atoms with van der Waals surface area (Å²) < 4.78 is 0. The fourth-order valence-electron chi connectivity index (χ4n) is 2.31. The lowest BCUT2D eigenvalue weighted by Crippen LogP contribution is -2.50. The Hall–Kier alpha value is -0.570. The highest BCUT2D eigenvalue weighted by molar-refractivity contribution is 5.82. The van der Waals surface area contributed by atoms with Crippen molar-refractivity contribution in [2.24, 2.45) is 17.6 Å². The molecule has 1 aliphatic heterocycles. The largest absolute Gasteiger partial charge is 0.341 e. The van der Waals surface area contributed by atoms with E-state index in [0.29, 0.717) is 5.92 Å². The van der Waals surface area contributed by atoms with Gasteiger partial charge >= 0.3 is 0 Å². The maximum atomic E-state index is 12.2. The van der Waals surface area contributed by atoms with Gasteiger partial charge in [0.15, 0.2) is 0 Å². The first kappa shape index (κ1) is 13.5. The van der Waals surface area contributed by atoms with Crippen molar-refractivity contribution < 1.29 is 4.79 Å². The maximum absolute atomic E-state index is 12.2. The summed E-state index contributed by atoms with van der Waals surface area (Å²) >= 11 is 0. The molecule has 0 radical (unpaired) electrons. The monoisotopic (exact) mass is 226 g/mol. The molecule has 1 amide bonds. The van der Waals surface area contributed by atoms with Crippen molar-refractivity contribution in [2.75, 3.05) is 13.1 Å². The smallest absolute Gasteiger partial charge is 0.239 e. The fraction of sp³-hybridized carbons (Fsp3) is 0.923. The molecule has 0 aromatic carbocycles. The summed E-state index contributed by atoms with van der Waals surface area (Å²) in [6, 6.07) is -0.305. The van der Waals surface area contributed by atoms with E-state index in [9.17, 15) is 4.79 Å². The lowest BCUT2D eigenvalue weighted by molar-refractivity contribution is -0.135.